The van der Waals surface area contributed by atoms with E-state index in [1.54, 1.807) is 0 Å². The molecule has 0 unspecified atom stereocenters. The van der Waals surface area contributed by atoms with Crippen molar-refractivity contribution in [2.45, 2.75) is 37.3 Å². The Morgan fingerprint density at radius 3 is 2.74 bits per heavy atom. The molecule has 3 heteroatoms. The number of benzene rings is 2. The second-order valence-electron chi connectivity index (χ2n) is 6.92. The number of hydrogen-bond donors (Lipinski definition) is 0. The first-order valence-corrected chi connectivity index (χ1v) is 8.48. The number of hydrogen-bond acceptors (Lipinski definition) is 3. The molecule has 2 aliphatic heterocycles. The lowest BCUT2D eigenvalue weighted by Crippen LogP contribution is -2.49. The summed E-state index contributed by atoms with van der Waals surface area (Å²) in [6.45, 7) is 0. The van der Waals surface area contributed by atoms with E-state index in [1.165, 1.54) is 29.9 Å². The third kappa shape index (κ3) is 2.26. The average Bonchev–Trinajstić information content (AvgIpc) is 2.83. The maximum absolute atomic E-state index is 12.6. The van der Waals surface area contributed by atoms with Gasteiger partial charge in [0.05, 0.1) is 13.0 Å². The van der Waals surface area contributed by atoms with E-state index in [4.69, 9.17) is 4.74 Å². The van der Waals surface area contributed by atoms with E-state index in [1.807, 2.05) is 0 Å². The molecule has 120 valence electrons. The second kappa shape index (κ2) is 5.64. The Bertz CT molecular complexity index is 736. The van der Waals surface area contributed by atoms with Crippen molar-refractivity contribution < 1.29 is 9.53 Å². The van der Waals surface area contributed by atoms with Crippen LogP contribution in [0.1, 0.15) is 30.7 Å². The molecule has 4 rings (SSSR count). The molecule has 0 spiro atoms. The number of carbonyl (C=O) groups is 1. The first-order chi connectivity index (χ1) is 11.2. The van der Waals surface area contributed by atoms with Gasteiger partial charge in [-0.1, -0.05) is 42.5 Å². The predicted molar refractivity (Wildman–Crippen MR) is 91.4 cm³/mol. The highest BCUT2D eigenvalue weighted by molar-refractivity contribution is 5.87. The largest absolute Gasteiger partial charge is 0.469 e. The smallest absolute Gasteiger partial charge is 0.310 e. The van der Waals surface area contributed by atoms with Crippen molar-refractivity contribution in [3.8, 4) is 0 Å². The van der Waals surface area contributed by atoms with E-state index in [2.05, 4.69) is 54.4 Å². The first kappa shape index (κ1) is 14.7. The van der Waals surface area contributed by atoms with Gasteiger partial charge in [-0.15, -0.1) is 0 Å². The summed E-state index contributed by atoms with van der Waals surface area (Å²) in [5, 5.41) is 2.53. The summed E-state index contributed by atoms with van der Waals surface area (Å²) >= 11 is 0. The molecule has 23 heavy (non-hydrogen) atoms. The highest BCUT2D eigenvalue weighted by Crippen LogP contribution is 2.47. The van der Waals surface area contributed by atoms with Gasteiger partial charge < -0.3 is 4.74 Å². The number of piperidine rings is 1. The van der Waals surface area contributed by atoms with E-state index >= 15 is 0 Å². The van der Waals surface area contributed by atoms with Crippen LogP contribution in [0.3, 0.4) is 0 Å². The molecule has 0 amide bonds. The molecular formula is C20H23NO2. The molecule has 2 aromatic carbocycles. The summed E-state index contributed by atoms with van der Waals surface area (Å²) in [5.74, 6) is 0.136. The van der Waals surface area contributed by atoms with Crippen molar-refractivity contribution >= 4 is 16.7 Å². The van der Waals surface area contributed by atoms with Crippen molar-refractivity contribution in [1.82, 2.24) is 4.90 Å². The highest BCUT2D eigenvalue weighted by Gasteiger charge is 2.49. The lowest BCUT2D eigenvalue weighted by atomic mass is 9.75. The Hall–Kier alpha value is -1.87. The number of methoxy groups -OCH3 is 1. The summed E-state index contributed by atoms with van der Waals surface area (Å²) in [5.41, 5.74) is 1.31. The van der Waals surface area contributed by atoms with Gasteiger partial charge in [-0.25, -0.2) is 0 Å². The van der Waals surface area contributed by atoms with Gasteiger partial charge in [-0.2, -0.15) is 0 Å². The van der Waals surface area contributed by atoms with Crippen molar-refractivity contribution in [3.05, 3.63) is 48.0 Å². The van der Waals surface area contributed by atoms with Gasteiger partial charge in [-0.3, -0.25) is 9.69 Å². The Morgan fingerprint density at radius 2 is 1.91 bits per heavy atom. The number of ether oxygens (including phenoxy) is 1. The molecule has 2 saturated heterocycles. The van der Waals surface area contributed by atoms with Crippen LogP contribution in [-0.4, -0.2) is 37.1 Å². The summed E-state index contributed by atoms with van der Waals surface area (Å²) in [4.78, 5) is 15.0. The summed E-state index contributed by atoms with van der Waals surface area (Å²) < 4.78 is 5.19. The number of rotatable bonds is 2. The van der Waals surface area contributed by atoms with E-state index < -0.39 is 0 Å². The average molecular weight is 309 g/mol. The molecule has 2 heterocycles. The molecule has 0 aliphatic carbocycles. The van der Waals surface area contributed by atoms with E-state index in [0.29, 0.717) is 12.1 Å². The lowest BCUT2D eigenvalue weighted by molar-refractivity contribution is -0.150. The van der Waals surface area contributed by atoms with Crippen LogP contribution in [-0.2, 0) is 9.53 Å². The fourth-order valence-electron chi connectivity index (χ4n) is 4.82. The highest BCUT2D eigenvalue weighted by atomic mass is 16.5. The molecule has 0 saturated carbocycles. The standard InChI is InChI=1S/C20H23NO2/c1-21-14-10-11-18(21)19(20(22)23-2)17(12-14)16-9-5-7-13-6-3-4-8-15(13)16/h3-9,14,17-19H,10-12H2,1-2H3/t14-,17+,18+,19+/m1/s1. The van der Waals surface area contributed by atoms with E-state index in [9.17, 15) is 4.79 Å². The molecule has 0 radical (unpaired) electrons. The van der Waals surface area contributed by atoms with Crippen LogP contribution in [0.2, 0.25) is 0 Å². The van der Waals surface area contributed by atoms with Crippen molar-refractivity contribution in [1.29, 1.82) is 0 Å². The maximum Gasteiger partial charge on any atom is 0.310 e. The SMILES string of the molecule is COC(=O)[C@H]1[C@H](c2cccc3ccccc23)C[C@H]2CC[C@@H]1N2C. The fourth-order valence-corrected chi connectivity index (χ4v) is 4.82. The van der Waals surface area contributed by atoms with Gasteiger partial charge in [0.25, 0.3) is 0 Å². The fraction of sp³-hybridized carbons (Fsp3) is 0.450. The molecule has 2 bridgehead atoms. The van der Waals surface area contributed by atoms with Crippen LogP contribution in [0.25, 0.3) is 10.8 Å². The van der Waals surface area contributed by atoms with Gasteiger partial charge >= 0.3 is 5.97 Å². The summed E-state index contributed by atoms with van der Waals surface area (Å²) in [6.07, 6.45) is 3.33. The monoisotopic (exact) mass is 309 g/mol. The summed E-state index contributed by atoms with van der Waals surface area (Å²) in [7, 11) is 3.68. The van der Waals surface area contributed by atoms with Crippen molar-refractivity contribution in [2.24, 2.45) is 5.92 Å². The Labute approximate surface area is 137 Å². The normalized spacial score (nSPS) is 30.5. The number of carbonyl (C=O) groups excluding carboxylic acids is 1. The predicted octanol–water partition coefficient (Wildman–Crippen LogP) is 3.58. The van der Waals surface area contributed by atoms with Crippen LogP contribution >= 0.6 is 0 Å². The van der Waals surface area contributed by atoms with E-state index in [-0.39, 0.29) is 17.8 Å². The zero-order valence-electron chi connectivity index (χ0n) is 13.7. The Kier molecular flexibility index (Phi) is 3.61. The molecule has 2 aliphatic rings. The van der Waals surface area contributed by atoms with Gasteiger partial charge in [0, 0.05) is 18.0 Å². The van der Waals surface area contributed by atoms with Gasteiger partial charge in [0.15, 0.2) is 0 Å². The third-order valence-electron chi connectivity index (χ3n) is 5.96. The lowest BCUT2D eigenvalue weighted by Gasteiger charge is -2.42. The van der Waals surface area contributed by atoms with Crippen LogP contribution in [0, 0.1) is 5.92 Å². The van der Waals surface area contributed by atoms with Gasteiger partial charge in [0.1, 0.15) is 0 Å². The first-order valence-electron chi connectivity index (χ1n) is 8.48. The molecule has 4 atom stereocenters. The van der Waals surface area contributed by atoms with Gasteiger partial charge in [-0.05, 0) is 42.6 Å². The molecule has 0 aromatic heterocycles. The van der Waals surface area contributed by atoms with Crippen LogP contribution < -0.4 is 0 Å². The Morgan fingerprint density at radius 1 is 1.13 bits per heavy atom. The minimum Gasteiger partial charge on any atom is -0.469 e. The molecule has 3 nitrogen and oxygen atoms in total. The molecule has 2 aromatic rings. The van der Waals surface area contributed by atoms with Crippen LogP contribution in [0.5, 0.6) is 0 Å². The minimum atomic E-state index is -0.0606. The van der Waals surface area contributed by atoms with E-state index in [0.717, 1.165) is 12.8 Å². The van der Waals surface area contributed by atoms with Crippen LogP contribution in [0.15, 0.2) is 42.5 Å². The second-order valence-corrected chi connectivity index (χ2v) is 6.92. The molecule has 2 fully saturated rings. The van der Waals surface area contributed by atoms with Gasteiger partial charge in [0.2, 0.25) is 0 Å². The zero-order chi connectivity index (χ0) is 16.0. The maximum atomic E-state index is 12.6. The number of nitrogens with zero attached hydrogens (tertiary/aromatic N) is 1. The Balaban J connectivity index is 1.83. The third-order valence-corrected chi connectivity index (χ3v) is 5.96. The van der Waals surface area contributed by atoms with Crippen molar-refractivity contribution in [2.75, 3.05) is 14.2 Å². The molecule has 0 N–H and O–H groups in total. The van der Waals surface area contributed by atoms with Crippen molar-refractivity contribution in [3.63, 3.8) is 0 Å². The van der Waals surface area contributed by atoms with Crippen LogP contribution in [0.4, 0.5) is 0 Å². The zero-order valence-corrected chi connectivity index (χ0v) is 13.7. The minimum absolute atomic E-state index is 0.0554. The quantitative estimate of drug-likeness (QED) is 0.794. The summed E-state index contributed by atoms with van der Waals surface area (Å²) in [6, 6.07) is 15.9. The molecular weight excluding hydrogens is 286 g/mol. The number of esters is 1. The number of fused-ring (bicyclic) bond motifs is 3. The topological polar surface area (TPSA) is 29.5 Å².